The summed E-state index contributed by atoms with van der Waals surface area (Å²) in [5.41, 5.74) is 2.74. The lowest BCUT2D eigenvalue weighted by atomic mass is 10.1. The number of esters is 1. The van der Waals surface area contributed by atoms with Crippen molar-refractivity contribution in [2.24, 2.45) is 0 Å². The largest absolute Gasteiger partial charge is 0.462 e. The molecule has 0 radical (unpaired) electrons. The Morgan fingerprint density at radius 3 is 3.12 bits per heavy atom. The molecule has 1 aliphatic rings. The summed E-state index contributed by atoms with van der Waals surface area (Å²) in [7, 11) is 0. The fourth-order valence-corrected chi connectivity index (χ4v) is 4.39. The fraction of sp³-hybridized carbons (Fsp3) is 0.316. The molecule has 4 rings (SSSR count). The summed E-state index contributed by atoms with van der Waals surface area (Å²) in [6.45, 7) is 2.41. The van der Waals surface area contributed by atoms with E-state index in [1.807, 2.05) is 19.1 Å². The SMILES string of the molecule is CCCOC(=O)c1cccc(Nc2ncnc3sc4c(c23)CCC4)c1. The molecule has 2 heterocycles. The number of carbonyl (C=O) groups excluding carboxylic acids is 1. The molecule has 2 aromatic heterocycles. The van der Waals surface area contributed by atoms with Gasteiger partial charge in [-0.05, 0) is 49.4 Å². The van der Waals surface area contributed by atoms with Gasteiger partial charge in [0.05, 0.1) is 17.6 Å². The number of rotatable bonds is 5. The number of nitrogens with one attached hydrogen (secondary N) is 1. The monoisotopic (exact) mass is 353 g/mol. The van der Waals surface area contributed by atoms with Gasteiger partial charge in [0.25, 0.3) is 0 Å². The number of aromatic nitrogens is 2. The number of nitrogens with zero attached hydrogens (tertiary/aromatic N) is 2. The van der Waals surface area contributed by atoms with Crippen LogP contribution in [-0.2, 0) is 17.6 Å². The second-order valence-electron chi connectivity index (χ2n) is 6.10. The highest BCUT2D eigenvalue weighted by Crippen LogP contribution is 2.39. The molecule has 0 spiro atoms. The molecular weight excluding hydrogens is 334 g/mol. The average Bonchev–Trinajstić information content (AvgIpc) is 3.21. The van der Waals surface area contributed by atoms with Gasteiger partial charge in [0.15, 0.2) is 0 Å². The lowest BCUT2D eigenvalue weighted by molar-refractivity contribution is 0.0505. The maximum Gasteiger partial charge on any atom is 0.338 e. The number of aryl methyl sites for hydroxylation is 2. The Kier molecular flexibility index (Phi) is 4.36. The van der Waals surface area contributed by atoms with Crippen molar-refractivity contribution in [3.05, 3.63) is 46.6 Å². The second kappa shape index (κ2) is 6.80. The van der Waals surface area contributed by atoms with Crippen molar-refractivity contribution in [3.63, 3.8) is 0 Å². The summed E-state index contributed by atoms with van der Waals surface area (Å²) < 4.78 is 5.21. The molecule has 5 nitrogen and oxygen atoms in total. The van der Waals surface area contributed by atoms with Gasteiger partial charge in [-0.25, -0.2) is 14.8 Å². The molecule has 6 heteroatoms. The van der Waals surface area contributed by atoms with E-state index >= 15 is 0 Å². The molecule has 0 unspecified atom stereocenters. The second-order valence-corrected chi connectivity index (χ2v) is 7.19. The lowest BCUT2D eigenvalue weighted by Gasteiger charge is -2.09. The lowest BCUT2D eigenvalue weighted by Crippen LogP contribution is -2.06. The molecule has 1 aliphatic carbocycles. The molecule has 0 fully saturated rings. The average molecular weight is 353 g/mol. The highest BCUT2D eigenvalue weighted by molar-refractivity contribution is 7.19. The highest BCUT2D eigenvalue weighted by Gasteiger charge is 2.21. The summed E-state index contributed by atoms with van der Waals surface area (Å²) in [5.74, 6) is 0.512. The molecule has 0 atom stereocenters. The first-order valence-electron chi connectivity index (χ1n) is 8.55. The van der Waals surface area contributed by atoms with E-state index in [1.165, 1.54) is 16.9 Å². The van der Waals surface area contributed by atoms with Crippen LogP contribution in [0.5, 0.6) is 0 Å². The molecule has 1 N–H and O–H groups in total. The first-order chi connectivity index (χ1) is 12.3. The molecule has 0 saturated heterocycles. The molecule has 128 valence electrons. The predicted octanol–water partition coefficient (Wildman–Crippen LogP) is 4.49. The Morgan fingerprint density at radius 1 is 1.32 bits per heavy atom. The first kappa shape index (κ1) is 16.0. The maximum absolute atomic E-state index is 12.1. The van der Waals surface area contributed by atoms with Crippen molar-refractivity contribution >= 4 is 39.0 Å². The minimum Gasteiger partial charge on any atom is -0.462 e. The van der Waals surface area contributed by atoms with Crippen LogP contribution in [0.25, 0.3) is 10.2 Å². The van der Waals surface area contributed by atoms with Crippen LogP contribution in [0.4, 0.5) is 11.5 Å². The fourth-order valence-electron chi connectivity index (χ4n) is 3.16. The third-order valence-electron chi connectivity index (χ3n) is 4.30. The van der Waals surface area contributed by atoms with E-state index in [0.717, 1.165) is 41.0 Å². The van der Waals surface area contributed by atoms with E-state index < -0.39 is 0 Å². The van der Waals surface area contributed by atoms with Gasteiger partial charge >= 0.3 is 5.97 Å². The molecule has 0 bridgehead atoms. The third-order valence-corrected chi connectivity index (χ3v) is 5.50. The highest BCUT2D eigenvalue weighted by atomic mass is 32.1. The molecule has 25 heavy (non-hydrogen) atoms. The van der Waals surface area contributed by atoms with E-state index in [0.29, 0.717) is 12.2 Å². The van der Waals surface area contributed by atoms with Crippen molar-refractivity contribution in [1.29, 1.82) is 0 Å². The van der Waals surface area contributed by atoms with Crippen molar-refractivity contribution < 1.29 is 9.53 Å². The molecule has 0 saturated carbocycles. The van der Waals surface area contributed by atoms with Crippen molar-refractivity contribution in [3.8, 4) is 0 Å². The Bertz CT molecular complexity index is 936. The Labute approximate surface area is 150 Å². The van der Waals surface area contributed by atoms with Crippen LogP contribution in [0.2, 0.25) is 0 Å². The number of ether oxygens (including phenoxy) is 1. The minimum absolute atomic E-state index is 0.297. The van der Waals surface area contributed by atoms with Crippen LogP contribution in [-0.4, -0.2) is 22.5 Å². The van der Waals surface area contributed by atoms with Crippen LogP contribution in [0.3, 0.4) is 0 Å². The van der Waals surface area contributed by atoms with Crippen LogP contribution in [0.1, 0.15) is 40.6 Å². The van der Waals surface area contributed by atoms with Gasteiger partial charge in [-0.3, -0.25) is 0 Å². The summed E-state index contributed by atoms with van der Waals surface area (Å²) in [6, 6.07) is 7.35. The van der Waals surface area contributed by atoms with Gasteiger partial charge in [0, 0.05) is 10.6 Å². The number of thiophene rings is 1. The van der Waals surface area contributed by atoms with Crippen LogP contribution in [0, 0.1) is 0 Å². The van der Waals surface area contributed by atoms with Crippen LogP contribution in [0.15, 0.2) is 30.6 Å². The van der Waals surface area contributed by atoms with Crippen LogP contribution >= 0.6 is 11.3 Å². The summed E-state index contributed by atoms with van der Waals surface area (Å²) in [4.78, 5) is 23.4. The maximum atomic E-state index is 12.1. The predicted molar refractivity (Wildman–Crippen MR) is 99.7 cm³/mol. The Balaban J connectivity index is 1.65. The van der Waals surface area contributed by atoms with Gasteiger partial charge in [-0.15, -0.1) is 11.3 Å². The number of benzene rings is 1. The van der Waals surface area contributed by atoms with Gasteiger partial charge in [-0.2, -0.15) is 0 Å². The van der Waals surface area contributed by atoms with E-state index in [9.17, 15) is 4.79 Å². The normalized spacial score (nSPS) is 13.0. The molecule has 0 amide bonds. The van der Waals surface area contributed by atoms with Crippen molar-refractivity contribution in [2.75, 3.05) is 11.9 Å². The topological polar surface area (TPSA) is 64.1 Å². The van der Waals surface area contributed by atoms with Crippen molar-refractivity contribution in [2.45, 2.75) is 32.6 Å². The molecule has 0 aliphatic heterocycles. The van der Waals surface area contributed by atoms with Gasteiger partial charge in [0.1, 0.15) is 17.0 Å². The van der Waals surface area contributed by atoms with E-state index in [4.69, 9.17) is 4.74 Å². The number of anilines is 2. The quantitative estimate of drug-likeness (QED) is 0.685. The Hall–Kier alpha value is -2.47. The van der Waals surface area contributed by atoms with Gasteiger partial charge < -0.3 is 10.1 Å². The molecule has 3 aromatic rings. The summed E-state index contributed by atoms with van der Waals surface area (Å²) >= 11 is 1.76. The van der Waals surface area contributed by atoms with Gasteiger partial charge in [0.2, 0.25) is 0 Å². The molecule has 1 aromatic carbocycles. The van der Waals surface area contributed by atoms with Gasteiger partial charge in [-0.1, -0.05) is 13.0 Å². The van der Waals surface area contributed by atoms with E-state index in [-0.39, 0.29) is 5.97 Å². The Morgan fingerprint density at radius 2 is 2.24 bits per heavy atom. The summed E-state index contributed by atoms with van der Waals surface area (Å²) in [5, 5.41) is 4.49. The minimum atomic E-state index is -0.297. The number of hydrogen-bond acceptors (Lipinski definition) is 6. The third kappa shape index (κ3) is 3.09. The number of hydrogen-bond donors (Lipinski definition) is 1. The molecular formula is C19H19N3O2S. The number of fused-ring (bicyclic) bond motifs is 3. The van der Waals surface area contributed by atoms with E-state index in [1.54, 1.807) is 29.8 Å². The zero-order chi connectivity index (χ0) is 17.2. The summed E-state index contributed by atoms with van der Waals surface area (Å²) in [6.07, 6.45) is 5.82. The van der Waals surface area contributed by atoms with Crippen molar-refractivity contribution in [1.82, 2.24) is 9.97 Å². The zero-order valence-corrected chi connectivity index (χ0v) is 14.9. The first-order valence-corrected chi connectivity index (χ1v) is 9.37. The van der Waals surface area contributed by atoms with E-state index in [2.05, 4.69) is 15.3 Å². The number of carbonyl (C=O) groups is 1. The standard InChI is InChI=1S/C19H19N3O2S/c1-2-9-24-19(23)12-5-3-6-13(10-12)22-17-16-14-7-4-8-15(14)25-18(16)21-11-20-17/h3,5-6,10-11H,2,4,7-9H2,1H3,(H,20,21,22). The van der Waals surface area contributed by atoms with Crippen LogP contribution < -0.4 is 5.32 Å². The smallest absolute Gasteiger partial charge is 0.338 e. The zero-order valence-electron chi connectivity index (χ0n) is 14.0.